The van der Waals surface area contributed by atoms with Crippen molar-refractivity contribution >= 4 is 5.91 Å². The van der Waals surface area contributed by atoms with E-state index in [1.165, 1.54) is 6.07 Å². The van der Waals surface area contributed by atoms with Gasteiger partial charge in [-0.2, -0.15) is 13.2 Å². The van der Waals surface area contributed by atoms with Crippen LogP contribution in [-0.2, 0) is 33.4 Å². The summed E-state index contributed by atoms with van der Waals surface area (Å²) < 4.78 is 50.6. The van der Waals surface area contributed by atoms with Gasteiger partial charge in [-0.1, -0.05) is 6.42 Å². The number of fused-ring (bicyclic) bond motifs is 2. The largest absolute Gasteiger partial charge is 0.417 e. The number of alkyl halides is 3. The zero-order chi connectivity index (χ0) is 23.9. The number of nitrogens with one attached hydrogen (secondary N) is 1. The summed E-state index contributed by atoms with van der Waals surface area (Å²) >= 11 is 0. The number of carbonyl (C=O) groups excluding carboxylic acids is 1. The van der Waals surface area contributed by atoms with Crippen molar-refractivity contribution in [1.29, 1.82) is 0 Å². The average Bonchev–Trinajstić information content (AvgIpc) is 3.36. The molecule has 2 saturated carbocycles. The van der Waals surface area contributed by atoms with Gasteiger partial charge in [0.1, 0.15) is 0 Å². The summed E-state index contributed by atoms with van der Waals surface area (Å²) in [5.41, 5.74) is 0.0566. The maximum atomic E-state index is 13.9. The second kappa shape index (κ2) is 9.39. The van der Waals surface area contributed by atoms with Crippen LogP contribution in [0.4, 0.5) is 13.2 Å². The molecular weight excluding hydrogens is 447 g/mol. The number of halogens is 3. The van der Waals surface area contributed by atoms with Gasteiger partial charge in [0, 0.05) is 63.1 Å². The molecule has 2 aliphatic carbocycles. The van der Waals surface area contributed by atoms with Gasteiger partial charge in [-0.3, -0.25) is 9.78 Å². The number of nitrogens with zero attached hydrogens (tertiary/aromatic N) is 2. The van der Waals surface area contributed by atoms with Crippen molar-refractivity contribution < 1.29 is 27.4 Å². The summed E-state index contributed by atoms with van der Waals surface area (Å²) in [5.74, 6) is 0.766. The Morgan fingerprint density at radius 1 is 1.38 bits per heavy atom. The molecule has 4 aliphatic rings. The van der Waals surface area contributed by atoms with Crippen molar-refractivity contribution in [2.24, 2.45) is 17.3 Å². The van der Waals surface area contributed by atoms with Gasteiger partial charge < -0.3 is 19.7 Å². The summed E-state index contributed by atoms with van der Waals surface area (Å²) in [6.07, 6.45) is 2.65. The summed E-state index contributed by atoms with van der Waals surface area (Å²) in [7, 11) is 1.71. The van der Waals surface area contributed by atoms with Crippen LogP contribution >= 0.6 is 0 Å². The van der Waals surface area contributed by atoms with Crippen molar-refractivity contribution in [3.63, 3.8) is 0 Å². The number of amides is 1. The van der Waals surface area contributed by atoms with Crippen LogP contribution in [-0.4, -0.2) is 61.3 Å². The minimum atomic E-state index is -4.43. The van der Waals surface area contributed by atoms with Crippen LogP contribution in [0.25, 0.3) is 0 Å². The molecule has 1 saturated heterocycles. The van der Waals surface area contributed by atoms with Gasteiger partial charge in [-0.05, 0) is 49.7 Å². The van der Waals surface area contributed by atoms with Crippen molar-refractivity contribution in [2.45, 2.75) is 69.8 Å². The quantitative estimate of drug-likeness (QED) is 0.697. The van der Waals surface area contributed by atoms with Gasteiger partial charge in [-0.25, -0.2) is 0 Å². The van der Waals surface area contributed by atoms with E-state index in [1.807, 2.05) is 0 Å². The fraction of sp³-hybridized carbons (Fsp3) is 0.760. The summed E-state index contributed by atoms with van der Waals surface area (Å²) in [5, 5.41) is 3.84. The lowest BCUT2D eigenvalue weighted by Gasteiger charge is -2.38. The first-order valence-corrected chi connectivity index (χ1v) is 12.5. The molecule has 0 aromatic carbocycles. The molecule has 34 heavy (non-hydrogen) atoms. The van der Waals surface area contributed by atoms with Crippen LogP contribution in [0.1, 0.15) is 55.3 Å². The number of hydrogen-bond donors (Lipinski definition) is 1. The normalized spacial score (nSPS) is 33.6. The first-order valence-electron chi connectivity index (χ1n) is 12.5. The second-order valence-corrected chi connectivity index (χ2v) is 10.5. The summed E-state index contributed by atoms with van der Waals surface area (Å²) in [6, 6.07) is 1.76. The Morgan fingerprint density at radius 3 is 3.03 bits per heavy atom. The fourth-order valence-corrected chi connectivity index (χ4v) is 6.89. The zero-order valence-electron chi connectivity index (χ0n) is 19.7. The molecule has 0 bridgehead atoms. The second-order valence-electron chi connectivity index (χ2n) is 10.5. The number of aromatic nitrogens is 1. The minimum Gasteiger partial charge on any atom is -0.384 e. The first-order chi connectivity index (χ1) is 16.3. The van der Waals surface area contributed by atoms with Crippen LogP contribution in [0.5, 0.6) is 0 Å². The summed E-state index contributed by atoms with van der Waals surface area (Å²) in [4.78, 5) is 19.8. The van der Waals surface area contributed by atoms with Gasteiger partial charge in [0.05, 0.1) is 24.2 Å². The maximum Gasteiger partial charge on any atom is 0.417 e. The zero-order valence-corrected chi connectivity index (χ0v) is 19.7. The Hall–Kier alpha value is -1.71. The smallest absolute Gasteiger partial charge is 0.384 e. The molecule has 5 atom stereocenters. The molecule has 0 unspecified atom stereocenters. The van der Waals surface area contributed by atoms with E-state index in [0.29, 0.717) is 55.3 Å². The van der Waals surface area contributed by atoms with Crippen molar-refractivity contribution in [3.05, 3.63) is 29.1 Å². The molecule has 6 nitrogen and oxygen atoms in total. The molecule has 1 aromatic heterocycles. The average molecular weight is 482 g/mol. The van der Waals surface area contributed by atoms with Crippen LogP contribution in [0.2, 0.25) is 0 Å². The molecule has 3 heterocycles. The van der Waals surface area contributed by atoms with E-state index in [0.717, 1.165) is 51.3 Å². The highest BCUT2D eigenvalue weighted by Gasteiger charge is 2.56. The lowest BCUT2D eigenvalue weighted by Crippen LogP contribution is -2.49. The van der Waals surface area contributed by atoms with Crippen LogP contribution in [0.3, 0.4) is 0 Å². The van der Waals surface area contributed by atoms with Crippen LogP contribution in [0.15, 0.2) is 12.3 Å². The van der Waals surface area contributed by atoms with E-state index in [2.05, 4.69) is 10.3 Å². The number of pyridine rings is 1. The van der Waals surface area contributed by atoms with E-state index >= 15 is 0 Å². The Morgan fingerprint density at radius 2 is 2.24 bits per heavy atom. The third-order valence-corrected chi connectivity index (χ3v) is 8.52. The number of methoxy groups -OCH3 is 1. The monoisotopic (exact) mass is 481 g/mol. The van der Waals surface area contributed by atoms with E-state index in [4.69, 9.17) is 9.47 Å². The maximum absolute atomic E-state index is 13.9. The van der Waals surface area contributed by atoms with Crippen molar-refractivity contribution in [3.8, 4) is 0 Å². The Balaban J connectivity index is 1.30. The first kappa shape index (κ1) is 24.0. The van der Waals surface area contributed by atoms with Gasteiger partial charge in [0.2, 0.25) is 5.91 Å². The molecule has 5 rings (SSSR count). The molecule has 1 amide bonds. The summed E-state index contributed by atoms with van der Waals surface area (Å²) in [6.45, 7) is 2.81. The van der Waals surface area contributed by atoms with Gasteiger partial charge in [-0.15, -0.1) is 0 Å². The SMILES string of the molecule is COC[C@@H]1COCC[C@H]1N[C@@H]1C[C@H]2CCC[C@@]2(C(=O)N2CCc3ncc(C(F)(F)F)cc3C2)C1. The molecule has 1 aromatic rings. The molecule has 1 N–H and O–H groups in total. The predicted octanol–water partition coefficient (Wildman–Crippen LogP) is 3.58. The predicted molar refractivity (Wildman–Crippen MR) is 119 cm³/mol. The van der Waals surface area contributed by atoms with Crippen molar-refractivity contribution in [1.82, 2.24) is 15.2 Å². The van der Waals surface area contributed by atoms with Crippen molar-refractivity contribution in [2.75, 3.05) is 33.5 Å². The molecule has 3 fully saturated rings. The highest BCUT2D eigenvalue weighted by molar-refractivity contribution is 5.84. The standard InChI is InChI=1S/C25H34F3N3O3/c1-33-14-17-15-34-8-5-22(17)30-20-10-18-3-2-6-24(18,11-20)23(32)31-7-4-21-16(13-31)9-19(12-29-21)25(26,27)28/h9,12,17-18,20,22,30H,2-8,10-11,13-15H2,1H3/t17-,18-,20-,22-,24-/m1/s1. The number of ether oxygens (including phenoxy) is 2. The minimum absolute atomic E-state index is 0.128. The topological polar surface area (TPSA) is 63.7 Å². The highest BCUT2D eigenvalue weighted by Crippen LogP contribution is 2.55. The Labute approximate surface area is 198 Å². The van der Waals surface area contributed by atoms with Gasteiger partial charge in [0.25, 0.3) is 0 Å². The molecule has 188 valence electrons. The third-order valence-electron chi connectivity index (χ3n) is 8.52. The van der Waals surface area contributed by atoms with Crippen LogP contribution in [0, 0.1) is 17.3 Å². The molecule has 0 radical (unpaired) electrons. The number of hydrogen-bond acceptors (Lipinski definition) is 5. The van der Waals surface area contributed by atoms with E-state index < -0.39 is 17.2 Å². The lowest BCUT2D eigenvalue weighted by atomic mass is 9.78. The third kappa shape index (κ3) is 4.46. The number of carbonyl (C=O) groups is 1. The fourth-order valence-electron chi connectivity index (χ4n) is 6.89. The molecular formula is C25H34F3N3O3. The molecule has 2 aliphatic heterocycles. The molecule has 9 heteroatoms. The molecule has 0 spiro atoms. The van der Waals surface area contributed by atoms with Crippen LogP contribution < -0.4 is 5.32 Å². The lowest BCUT2D eigenvalue weighted by molar-refractivity contribution is -0.144. The Kier molecular flexibility index (Phi) is 6.63. The number of rotatable bonds is 5. The van der Waals surface area contributed by atoms with E-state index in [1.54, 1.807) is 12.0 Å². The highest BCUT2D eigenvalue weighted by atomic mass is 19.4. The Bertz CT molecular complexity index is 909. The van der Waals surface area contributed by atoms with E-state index in [-0.39, 0.29) is 18.5 Å². The van der Waals surface area contributed by atoms with Gasteiger partial charge >= 0.3 is 6.18 Å². The van der Waals surface area contributed by atoms with Gasteiger partial charge in [0.15, 0.2) is 0 Å². The van der Waals surface area contributed by atoms with E-state index in [9.17, 15) is 18.0 Å².